The number of fused-ring (bicyclic) bond motifs is 2. The number of aromatic nitrogens is 5. The second-order valence-electron chi connectivity index (χ2n) is 8.17. The molecule has 0 saturated heterocycles. The number of H-pyrrole nitrogens is 1. The van der Waals surface area contributed by atoms with Crippen molar-refractivity contribution in [1.82, 2.24) is 25.1 Å². The molecule has 172 valence electrons. The SMILES string of the molecule is Nc1nc(NCCc2cccnc2)cc(Nc2cc(-c3cc4ccccc4s3)c3[nH]ncc3c2)n1. The number of anilines is 4. The third-order valence-corrected chi connectivity index (χ3v) is 6.85. The number of hydrogen-bond donors (Lipinski definition) is 4. The summed E-state index contributed by atoms with van der Waals surface area (Å²) in [5, 5.41) is 16.4. The Balaban J connectivity index is 1.27. The second kappa shape index (κ2) is 9.03. The summed E-state index contributed by atoms with van der Waals surface area (Å²) in [7, 11) is 0. The van der Waals surface area contributed by atoms with Crippen molar-refractivity contribution < 1.29 is 0 Å². The van der Waals surface area contributed by atoms with E-state index < -0.39 is 0 Å². The second-order valence-corrected chi connectivity index (χ2v) is 9.25. The Morgan fingerprint density at radius 3 is 2.71 bits per heavy atom. The van der Waals surface area contributed by atoms with Crippen LogP contribution in [0.3, 0.4) is 0 Å². The van der Waals surface area contributed by atoms with Crippen molar-refractivity contribution in [2.45, 2.75) is 6.42 Å². The molecule has 4 aromatic heterocycles. The molecule has 8 nitrogen and oxygen atoms in total. The maximum absolute atomic E-state index is 6.01. The minimum Gasteiger partial charge on any atom is -0.370 e. The van der Waals surface area contributed by atoms with Gasteiger partial charge in [0.15, 0.2) is 0 Å². The lowest BCUT2D eigenvalue weighted by Gasteiger charge is -2.11. The van der Waals surface area contributed by atoms with Gasteiger partial charge in [0.1, 0.15) is 11.6 Å². The highest BCUT2D eigenvalue weighted by Gasteiger charge is 2.12. The Hall–Kier alpha value is -4.50. The van der Waals surface area contributed by atoms with Gasteiger partial charge in [-0.3, -0.25) is 10.1 Å². The molecule has 0 bridgehead atoms. The van der Waals surface area contributed by atoms with Crippen LogP contribution in [0.5, 0.6) is 0 Å². The van der Waals surface area contributed by atoms with Crippen molar-refractivity contribution in [3.05, 3.63) is 84.8 Å². The zero-order valence-corrected chi connectivity index (χ0v) is 19.5. The molecule has 6 aromatic rings. The summed E-state index contributed by atoms with van der Waals surface area (Å²) in [4.78, 5) is 14.0. The molecule has 0 aliphatic carbocycles. The number of pyridine rings is 1. The molecule has 35 heavy (non-hydrogen) atoms. The summed E-state index contributed by atoms with van der Waals surface area (Å²) in [6, 6.07) is 20.6. The third-order valence-electron chi connectivity index (χ3n) is 5.70. The lowest BCUT2D eigenvalue weighted by atomic mass is 10.1. The van der Waals surface area contributed by atoms with E-state index in [1.807, 2.05) is 30.6 Å². The van der Waals surface area contributed by atoms with E-state index in [2.05, 4.69) is 78.2 Å². The fraction of sp³-hybridized carbons (Fsp3) is 0.0769. The average Bonchev–Trinajstić information content (AvgIpc) is 3.51. The first kappa shape index (κ1) is 21.1. The first-order valence-corrected chi connectivity index (χ1v) is 12.0. The molecular weight excluding hydrogens is 456 g/mol. The zero-order valence-electron chi connectivity index (χ0n) is 18.7. The van der Waals surface area contributed by atoms with E-state index in [9.17, 15) is 0 Å². The van der Waals surface area contributed by atoms with Gasteiger partial charge in [-0.05, 0) is 47.7 Å². The van der Waals surface area contributed by atoms with Gasteiger partial charge >= 0.3 is 0 Å². The Morgan fingerprint density at radius 2 is 1.83 bits per heavy atom. The number of thiophene rings is 1. The highest BCUT2D eigenvalue weighted by Crippen LogP contribution is 2.38. The van der Waals surface area contributed by atoms with Crippen molar-refractivity contribution in [3.63, 3.8) is 0 Å². The summed E-state index contributed by atoms with van der Waals surface area (Å²) < 4.78 is 1.25. The van der Waals surface area contributed by atoms with Crippen LogP contribution in [-0.2, 0) is 6.42 Å². The molecule has 2 aromatic carbocycles. The van der Waals surface area contributed by atoms with Crippen molar-refractivity contribution in [1.29, 1.82) is 0 Å². The molecule has 0 saturated carbocycles. The van der Waals surface area contributed by atoms with Crippen LogP contribution in [-0.4, -0.2) is 31.7 Å². The number of hydrogen-bond acceptors (Lipinski definition) is 8. The predicted octanol–water partition coefficient (Wildman–Crippen LogP) is 5.61. The summed E-state index contributed by atoms with van der Waals surface area (Å²) in [5.74, 6) is 1.48. The van der Waals surface area contributed by atoms with Crippen molar-refractivity contribution in [3.8, 4) is 10.4 Å². The molecule has 0 unspecified atom stereocenters. The van der Waals surface area contributed by atoms with E-state index in [4.69, 9.17) is 5.73 Å². The molecule has 0 atom stereocenters. The van der Waals surface area contributed by atoms with E-state index in [0.29, 0.717) is 18.2 Å². The van der Waals surface area contributed by atoms with Crippen molar-refractivity contribution in [2.75, 3.05) is 22.9 Å². The summed E-state index contributed by atoms with van der Waals surface area (Å²) in [6.45, 7) is 0.707. The smallest absolute Gasteiger partial charge is 0.223 e. The first-order valence-electron chi connectivity index (χ1n) is 11.2. The molecule has 6 rings (SSSR count). The molecule has 0 radical (unpaired) electrons. The highest BCUT2D eigenvalue weighted by molar-refractivity contribution is 7.22. The van der Waals surface area contributed by atoms with Gasteiger partial charge in [-0.1, -0.05) is 24.3 Å². The minimum absolute atomic E-state index is 0.202. The topological polar surface area (TPSA) is 117 Å². The van der Waals surface area contributed by atoms with Crippen LogP contribution >= 0.6 is 11.3 Å². The fourth-order valence-electron chi connectivity index (χ4n) is 4.09. The lowest BCUT2D eigenvalue weighted by Crippen LogP contribution is -2.09. The van der Waals surface area contributed by atoms with E-state index in [0.717, 1.165) is 34.1 Å². The van der Waals surface area contributed by atoms with Crippen LogP contribution in [0.2, 0.25) is 0 Å². The zero-order chi connectivity index (χ0) is 23.6. The highest BCUT2D eigenvalue weighted by atomic mass is 32.1. The molecular formula is C26H22N8S. The van der Waals surface area contributed by atoms with E-state index >= 15 is 0 Å². The predicted molar refractivity (Wildman–Crippen MR) is 143 cm³/mol. The van der Waals surface area contributed by atoms with Gasteiger partial charge < -0.3 is 16.4 Å². The van der Waals surface area contributed by atoms with Crippen molar-refractivity contribution in [2.24, 2.45) is 0 Å². The maximum Gasteiger partial charge on any atom is 0.223 e. The third kappa shape index (κ3) is 4.49. The van der Waals surface area contributed by atoms with Gasteiger partial charge in [-0.2, -0.15) is 15.1 Å². The number of rotatable bonds is 7. The monoisotopic (exact) mass is 478 g/mol. The lowest BCUT2D eigenvalue weighted by molar-refractivity contribution is 0.990. The van der Waals surface area contributed by atoms with Crippen LogP contribution in [0.1, 0.15) is 5.56 Å². The van der Waals surface area contributed by atoms with E-state index in [1.54, 1.807) is 17.5 Å². The van der Waals surface area contributed by atoms with Crippen LogP contribution in [0.4, 0.5) is 23.3 Å². The Labute approximate surface area is 205 Å². The van der Waals surface area contributed by atoms with Crippen molar-refractivity contribution >= 4 is 55.6 Å². The standard InChI is InChI=1S/C26H22N8S/c27-26-32-23(29-9-7-16-4-3-8-28-14-16)13-24(33-26)31-19-10-18-15-30-34-25(18)20(12-19)22-11-17-5-1-2-6-21(17)35-22/h1-6,8,10-15H,7,9H2,(H,30,34)(H4,27,29,31,32,33). The van der Waals surface area contributed by atoms with Crippen LogP contribution < -0.4 is 16.4 Å². The van der Waals surface area contributed by atoms with Gasteiger partial charge in [0.25, 0.3) is 0 Å². The number of nitrogens with two attached hydrogens (primary N) is 1. The minimum atomic E-state index is 0.202. The Kier molecular flexibility index (Phi) is 5.44. The largest absolute Gasteiger partial charge is 0.370 e. The molecule has 0 fully saturated rings. The number of benzene rings is 2. The first-order chi connectivity index (χ1) is 17.2. The van der Waals surface area contributed by atoms with Gasteiger partial charge in [-0.25, -0.2) is 0 Å². The number of nitrogens with zero attached hydrogens (tertiary/aromatic N) is 4. The van der Waals surface area contributed by atoms with Crippen LogP contribution in [0, 0.1) is 0 Å². The van der Waals surface area contributed by atoms with Crippen LogP contribution in [0.15, 0.2) is 79.3 Å². The molecule has 0 amide bonds. The summed E-state index contributed by atoms with van der Waals surface area (Å²) in [6.07, 6.45) is 6.30. The quantitative estimate of drug-likeness (QED) is 0.236. The Bertz CT molecular complexity index is 1590. The normalized spacial score (nSPS) is 11.2. The molecule has 9 heteroatoms. The molecule has 5 N–H and O–H groups in total. The average molecular weight is 479 g/mol. The maximum atomic E-state index is 6.01. The van der Waals surface area contributed by atoms with Gasteiger partial charge in [0.05, 0.1) is 11.7 Å². The van der Waals surface area contributed by atoms with Gasteiger partial charge in [-0.15, -0.1) is 11.3 Å². The number of nitrogen functional groups attached to an aromatic ring is 1. The molecule has 4 heterocycles. The van der Waals surface area contributed by atoms with Gasteiger partial charge in [0.2, 0.25) is 5.95 Å². The van der Waals surface area contributed by atoms with E-state index in [-0.39, 0.29) is 5.95 Å². The number of aromatic amines is 1. The fourth-order valence-corrected chi connectivity index (χ4v) is 5.17. The molecule has 0 aliphatic heterocycles. The summed E-state index contributed by atoms with van der Waals surface area (Å²) >= 11 is 1.76. The Morgan fingerprint density at radius 1 is 0.914 bits per heavy atom. The molecule has 0 spiro atoms. The van der Waals surface area contributed by atoms with Gasteiger partial charge in [0, 0.05) is 51.2 Å². The molecule has 0 aliphatic rings. The van der Waals surface area contributed by atoms with E-state index in [1.165, 1.54) is 15.0 Å². The van der Waals surface area contributed by atoms with Crippen LogP contribution in [0.25, 0.3) is 31.4 Å². The summed E-state index contributed by atoms with van der Waals surface area (Å²) in [5.41, 5.74) is 10.1. The number of nitrogens with one attached hydrogen (secondary N) is 3.